The van der Waals surface area contributed by atoms with Crippen molar-refractivity contribution >= 4 is 0 Å². The predicted octanol–water partition coefficient (Wildman–Crippen LogP) is 5.27. The van der Waals surface area contributed by atoms with E-state index in [1.165, 1.54) is 31.3 Å². The molecule has 3 rings (SSSR count). The summed E-state index contributed by atoms with van der Waals surface area (Å²) in [6.07, 6.45) is 19.9. The first kappa shape index (κ1) is 12.2. The molecule has 0 unspecified atom stereocenters. The molecule has 0 aromatic heterocycles. The van der Waals surface area contributed by atoms with Gasteiger partial charge in [-0.2, -0.15) is 0 Å². The van der Waals surface area contributed by atoms with Crippen molar-refractivity contribution in [3.63, 3.8) is 0 Å². The van der Waals surface area contributed by atoms with Crippen molar-refractivity contribution in [3.05, 3.63) is 58.7 Å². The van der Waals surface area contributed by atoms with E-state index in [-0.39, 0.29) is 0 Å². The lowest BCUT2D eigenvalue weighted by Gasteiger charge is -2.20. The van der Waals surface area contributed by atoms with E-state index in [0.717, 1.165) is 6.42 Å². The van der Waals surface area contributed by atoms with E-state index < -0.39 is 0 Å². The minimum absolute atomic E-state index is 1.12. The van der Waals surface area contributed by atoms with Gasteiger partial charge in [0.15, 0.2) is 0 Å². The summed E-state index contributed by atoms with van der Waals surface area (Å²) in [4.78, 5) is 0. The molecule has 0 aromatic rings. The maximum absolute atomic E-state index is 2.33. The molecule has 0 nitrogen and oxygen atoms in total. The van der Waals surface area contributed by atoms with Crippen molar-refractivity contribution in [1.82, 2.24) is 0 Å². The van der Waals surface area contributed by atoms with Crippen LogP contribution in [0, 0.1) is 0 Å². The molecule has 0 bridgehead atoms. The van der Waals surface area contributed by atoms with Gasteiger partial charge in [-0.05, 0) is 54.4 Å². The third-order valence-corrected chi connectivity index (χ3v) is 3.47. The Morgan fingerprint density at radius 3 is 2.24 bits per heavy atom. The van der Waals surface area contributed by atoms with Crippen LogP contribution in [-0.2, 0) is 0 Å². The van der Waals surface area contributed by atoms with Crippen molar-refractivity contribution in [2.75, 3.05) is 0 Å². The number of fused-ring (bicyclic) bond motifs is 1. The molecule has 0 spiro atoms. The van der Waals surface area contributed by atoms with Gasteiger partial charge in [0, 0.05) is 0 Å². The lowest BCUT2D eigenvalue weighted by atomic mass is 9.85. The molecule has 0 radical (unpaired) electrons. The van der Waals surface area contributed by atoms with Gasteiger partial charge in [-0.1, -0.05) is 50.3 Å². The van der Waals surface area contributed by atoms with E-state index in [1.807, 2.05) is 13.8 Å². The van der Waals surface area contributed by atoms with Gasteiger partial charge in [0.05, 0.1) is 0 Å². The van der Waals surface area contributed by atoms with Gasteiger partial charge >= 0.3 is 0 Å². The Kier molecular flexibility index (Phi) is 4.19. The highest BCUT2D eigenvalue weighted by atomic mass is 14.2. The van der Waals surface area contributed by atoms with Crippen LogP contribution in [-0.4, -0.2) is 0 Å². The van der Waals surface area contributed by atoms with Crippen LogP contribution in [0.4, 0.5) is 0 Å². The largest absolute Gasteiger partial charge is 0.0839 e. The van der Waals surface area contributed by atoms with Crippen molar-refractivity contribution in [2.45, 2.75) is 46.0 Å². The molecule has 0 atom stereocenters. The summed E-state index contributed by atoms with van der Waals surface area (Å²) in [6.45, 7) is 4.00. The second-order valence-corrected chi connectivity index (χ2v) is 4.43. The lowest BCUT2D eigenvalue weighted by Crippen LogP contribution is -2.01. The quantitative estimate of drug-likeness (QED) is 0.528. The van der Waals surface area contributed by atoms with Gasteiger partial charge in [-0.25, -0.2) is 0 Å². The van der Waals surface area contributed by atoms with E-state index in [1.54, 1.807) is 16.7 Å². The maximum atomic E-state index is 2.33. The second kappa shape index (κ2) is 5.86. The minimum atomic E-state index is 1.12. The molecule has 17 heavy (non-hydrogen) atoms. The fourth-order valence-corrected chi connectivity index (χ4v) is 2.73. The monoisotopic (exact) mass is 226 g/mol. The summed E-state index contributed by atoms with van der Waals surface area (Å²) in [5.74, 6) is 0. The summed E-state index contributed by atoms with van der Waals surface area (Å²) in [6, 6.07) is 0. The lowest BCUT2D eigenvalue weighted by molar-refractivity contribution is 0.875. The van der Waals surface area contributed by atoms with Gasteiger partial charge < -0.3 is 0 Å². The Hall–Kier alpha value is -1.30. The van der Waals surface area contributed by atoms with Crippen LogP contribution in [0.15, 0.2) is 58.7 Å². The summed E-state index contributed by atoms with van der Waals surface area (Å²) < 4.78 is 0. The zero-order chi connectivity index (χ0) is 12.1. The molecule has 0 saturated heterocycles. The second-order valence-electron chi connectivity index (χ2n) is 4.43. The Bertz CT molecular complexity index is 425. The molecule has 0 amide bonds. The highest BCUT2D eigenvalue weighted by Crippen LogP contribution is 2.36. The molecule has 0 aromatic carbocycles. The molecule has 0 fully saturated rings. The zero-order valence-electron chi connectivity index (χ0n) is 11.0. The Morgan fingerprint density at radius 1 is 0.765 bits per heavy atom. The summed E-state index contributed by atoms with van der Waals surface area (Å²) in [5, 5.41) is 0. The normalized spacial score (nSPS) is 21.5. The first-order valence-electron chi connectivity index (χ1n) is 6.90. The number of allylic oxidation sites excluding steroid dienone is 10. The van der Waals surface area contributed by atoms with Crippen LogP contribution in [0.5, 0.6) is 0 Å². The van der Waals surface area contributed by atoms with Gasteiger partial charge in [-0.15, -0.1) is 0 Å². The van der Waals surface area contributed by atoms with Crippen molar-refractivity contribution in [2.24, 2.45) is 0 Å². The summed E-state index contributed by atoms with van der Waals surface area (Å²) in [5.41, 5.74) is 6.27. The summed E-state index contributed by atoms with van der Waals surface area (Å²) >= 11 is 0. The number of hydrogen-bond acceptors (Lipinski definition) is 0. The van der Waals surface area contributed by atoms with Crippen molar-refractivity contribution < 1.29 is 0 Å². The maximum Gasteiger partial charge on any atom is -0.00914 e. The minimum Gasteiger partial charge on any atom is -0.0839 e. The third-order valence-electron chi connectivity index (χ3n) is 3.47. The summed E-state index contributed by atoms with van der Waals surface area (Å²) in [7, 11) is 0. The molecule has 0 N–H and O–H groups in total. The molecule has 90 valence electrons. The SMILES string of the molecule is C1=CC2=C(CC1)C1=C(C=CCC1)CC=C2.CC. The van der Waals surface area contributed by atoms with E-state index in [4.69, 9.17) is 0 Å². The third kappa shape index (κ3) is 2.52. The van der Waals surface area contributed by atoms with Crippen LogP contribution in [0.2, 0.25) is 0 Å². The van der Waals surface area contributed by atoms with Gasteiger partial charge in [0.25, 0.3) is 0 Å². The highest BCUT2D eigenvalue weighted by molar-refractivity contribution is 5.54. The fourth-order valence-electron chi connectivity index (χ4n) is 2.73. The van der Waals surface area contributed by atoms with E-state index in [2.05, 4.69) is 36.5 Å². The van der Waals surface area contributed by atoms with Crippen LogP contribution in [0.1, 0.15) is 46.0 Å². The average molecular weight is 226 g/mol. The highest BCUT2D eigenvalue weighted by Gasteiger charge is 2.17. The molecule has 0 heterocycles. The van der Waals surface area contributed by atoms with Gasteiger partial charge in [0.2, 0.25) is 0 Å². The Morgan fingerprint density at radius 2 is 1.41 bits per heavy atom. The van der Waals surface area contributed by atoms with Crippen LogP contribution < -0.4 is 0 Å². The van der Waals surface area contributed by atoms with Crippen LogP contribution in [0.3, 0.4) is 0 Å². The first-order chi connectivity index (χ1) is 8.45. The predicted molar refractivity (Wildman–Crippen MR) is 75.9 cm³/mol. The van der Waals surface area contributed by atoms with Crippen LogP contribution in [0.25, 0.3) is 0 Å². The van der Waals surface area contributed by atoms with E-state index >= 15 is 0 Å². The van der Waals surface area contributed by atoms with Crippen molar-refractivity contribution in [3.8, 4) is 0 Å². The average Bonchev–Trinajstić information content (AvgIpc) is 2.60. The van der Waals surface area contributed by atoms with Gasteiger partial charge in [0.1, 0.15) is 0 Å². The molecule has 3 aliphatic rings. The Balaban J connectivity index is 0.000000514. The van der Waals surface area contributed by atoms with Gasteiger partial charge in [-0.3, -0.25) is 0 Å². The molecule has 0 heteroatoms. The topological polar surface area (TPSA) is 0 Å². The molecule has 3 aliphatic carbocycles. The number of rotatable bonds is 0. The van der Waals surface area contributed by atoms with Crippen LogP contribution >= 0.6 is 0 Å². The molecular formula is C17H22. The van der Waals surface area contributed by atoms with E-state index in [9.17, 15) is 0 Å². The zero-order valence-corrected chi connectivity index (χ0v) is 11.0. The fraction of sp³-hybridized carbons (Fsp3) is 0.412. The first-order valence-corrected chi connectivity index (χ1v) is 6.90. The Labute approximate surface area is 105 Å². The smallest absolute Gasteiger partial charge is 0.00914 e. The molecule has 0 aliphatic heterocycles. The number of hydrogen-bond donors (Lipinski definition) is 0. The molecular weight excluding hydrogens is 204 g/mol. The van der Waals surface area contributed by atoms with E-state index in [0.29, 0.717) is 0 Å². The standard InChI is InChI=1S/C15H16.C2H6/c1-3-10-14-12(6-1)8-5-9-13-7-2-4-11-15(13)14;1-2/h1-2,5-8H,3-4,9-11H2;1-2H3. The molecule has 0 saturated carbocycles. The van der Waals surface area contributed by atoms with Crippen molar-refractivity contribution in [1.29, 1.82) is 0 Å².